The van der Waals surface area contributed by atoms with Gasteiger partial charge in [0.15, 0.2) is 0 Å². The van der Waals surface area contributed by atoms with Crippen molar-refractivity contribution in [2.45, 2.75) is 39.7 Å². The van der Waals surface area contributed by atoms with E-state index in [0.29, 0.717) is 12.1 Å². The first-order valence-corrected chi connectivity index (χ1v) is 8.74. The van der Waals surface area contributed by atoms with E-state index in [9.17, 15) is 4.79 Å². The van der Waals surface area contributed by atoms with Gasteiger partial charge in [-0.15, -0.1) is 0 Å². The maximum absolute atomic E-state index is 12.3. The van der Waals surface area contributed by atoms with E-state index in [0.717, 1.165) is 16.8 Å². The topological polar surface area (TPSA) is 53.8 Å². The average Bonchev–Trinajstić information content (AvgIpc) is 2.64. The molecule has 4 heteroatoms. The van der Waals surface area contributed by atoms with Gasteiger partial charge in [-0.3, -0.25) is 9.79 Å². The van der Waals surface area contributed by atoms with E-state index in [4.69, 9.17) is 0 Å². The minimum absolute atomic E-state index is 0.0635. The molecule has 0 heterocycles. The summed E-state index contributed by atoms with van der Waals surface area (Å²) in [6, 6.07) is 15.8. The van der Waals surface area contributed by atoms with Crippen LogP contribution in [0, 0.1) is 0 Å². The van der Waals surface area contributed by atoms with Crippen LogP contribution in [0.15, 0.2) is 58.5 Å². The van der Waals surface area contributed by atoms with Gasteiger partial charge >= 0.3 is 0 Å². The molecule has 0 atom stereocenters. The van der Waals surface area contributed by atoms with Gasteiger partial charge < -0.3 is 5.32 Å². The van der Waals surface area contributed by atoms with Crippen LogP contribution in [0.5, 0.6) is 0 Å². The third-order valence-corrected chi connectivity index (χ3v) is 4.20. The lowest BCUT2D eigenvalue weighted by molar-refractivity contribution is 0.0951. The molecule has 136 valence electrons. The number of hydrogen-bond acceptors (Lipinski definition) is 2. The largest absolute Gasteiger partial charge is 0.348 e. The number of benzene rings is 2. The Balaban J connectivity index is 1.97. The molecule has 0 saturated carbocycles. The number of nitrogens with zero attached hydrogens (tertiary/aromatic N) is 2. The standard InChI is InChI=1S/C22H27N3O/c1-16(25-15-23-5)18-8-6-17(7-9-18)14-24-21(26)19-10-12-20(13-11-19)22(2,3)4/h6-13,15H,14H2,1-5H3,(H,24,26)/b23-15?,25-16+. The van der Waals surface area contributed by atoms with Crippen LogP contribution in [0.1, 0.15) is 54.7 Å². The predicted octanol–water partition coefficient (Wildman–Crippen LogP) is 4.38. The van der Waals surface area contributed by atoms with Crippen molar-refractivity contribution in [2.75, 3.05) is 7.05 Å². The Bertz CT molecular complexity index is 795. The number of nitrogens with one attached hydrogen (secondary N) is 1. The van der Waals surface area contributed by atoms with Gasteiger partial charge in [-0.2, -0.15) is 0 Å². The number of aliphatic imine (C=N–C) groups is 2. The van der Waals surface area contributed by atoms with E-state index in [1.54, 1.807) is 7.05 Å². The molecule has 0 aromatic heterocycles. The van der Waals surface area contributed by atoms with E-state index in [-0.39, 0.29) is 11.3 Å². The summed E-state index contributed by atoms with van der Waals surface area (Å²) < 4.78 is 0. The Kier molecular flexibility index (Phi) is 6.45. The third-order valence-electron chi connectivity index (χ3n) is 4.20. The molecule has 4 nitrogen and oxygen atoms in total. The van der Waals surface area contributed by atoms with Crippen molar-refractivity contribution in [1.82, 2.24) is 5.32 Å². The molecule has 0 aliphatic rings. The maximum atomic E-state index is 12.3. The summed E-state index contributed by atoms with van der Waals surface area (Å²) in [7, 11) is 1.69. The molecule has 0 aliphatic heterocycles. The average molecular weight is 349 g/mol. The second kappa shape index (κ2) is 8.56. The smallest absolute Gasteiger partial charge is 0.251 e. The van der Waals surface area contributed by atoms with Crippen molar-refractivity contribution in [3.8, 4) is 0 Å². The molecule has 0 unspecified atom stereocenters. The molecule has 26 heavy (non-hydrogen) atoms. The number of carbonyl (C=O) groups is 1. The first kappa shape index (κ1) is 19.6. The van der Waals surface area contributed by atoms with Crippen molar-refractivity contribution in [3.63, 3.8) is 0 Å². The molecule has 0 fully saturated rings. The SMILES string of the molecule is CN=C/N=C(\C)c1ccc(CNC(=O)c2ccc(C(C)(C)C)cc2)cc1. The van der Waals surface area contributed by atoms with Crippen LogP contribution >= 0.6 is 0 Å². The molecule has 2 rings (SSSR count). The van der Waals surface area contributed by atoms with Crippen molar-refractivity contribution >= 4 is 18.0 Å². The van der Waals surface area contributed by atoms with Gasteiger partial charge in [0.2, 0.25) is 0 Å². The fourth-order valence-corrected chi connectivity index (χ4v) is 2.49. The zero-order valence-corrected chi connectivity index (χ0v) is 16.2. The summed E-state index contributed by atoms with van der Waals surface area (Å²) in [5.74, 6) is -0.0635. The van der Waals surface area contributed by atoms with Gasteiger partial charge in [0.1, 0.15) is 6.34 Å². The van der Waals surface area contributed by atoms with Gasteiger partial charge in [-0.05, 0) is 41.2 Å². The van der Waals surface area contributed by atoms with E-state index >= 15 is 0 Å². The molecule has 1 amide bonds. The summed E-state index contributed by atoms with van der Waals surface area (Å²) in [5, 5.41) is 2.97. The minimum Gasteiger partial charge on any atom is -0.348 e. The fraction of sp³-hybridized carbons (Fsp3) is 0.318. The van der Waals surface area contributed by atoms with E-state index in [1.807, 2.05) is 55.5 Å². The molecule has 0 spiro atoms. The molecule has 2 aromatic rings. The Morgan fingerprint density at radius 2 is 1.58 bits per heavy atom. The van der Waals surface area contributed by atoms with E-state index in [2.05, 4.69) is 36.1 Å². The van der Waals surface area contributed by atoms with Crippen molar-refractivity contribution in [2.24, 2.45) is 9.98 Å². The van der Waals surface area contributed by atoms with E-state index < -0.39 is 0 Å². The zero-order chi connectivity index (χ0) is 19.2. The molecule has 0 saturated heterocycles. The summed E-state index contributed by atoms with van der Waals surface area (Å²) >= 11 is 0. The van der Waals surface area contributed by atoms with Gasteiger partial charge in [0.05, 0.1) is 0 Å². The van der Waals surface area contributed by atoms with Crippen molar-refractivity contribution in [3.05, 3.63) is 70.8 Å². The van der Waals surface area contributed by atoms with Crippen LogP contribution in [0.3, 0.4) is 0 Å². The highest BCUT2D eigenvalue weighted by Crippen LogP contribution is 2.22. The zero-order valence-electron chi connectivity index (χ0n) is 16.2. The number of rotatable bonds is 5. The van der Waals surface area contributed by atoms with Crippen LogP contribution in [0.4, 0.5) is 0 Å². The van der Waals surface area contributed by atoms with Crippen LogP contribution in [0.2, 0.25) is 0 Å². The molecule has 2 aromatic carbocycles. The quantitative estimate of drug-likeness (QED) is 0.632. The summed E-state index contributed by atoms with van der Waals surface area (Å²) in [6.07, 6.45) is 1.54. The second-order valence-corrected chi connectivity index (χ2v) is 7.30. The summed E-state index contributed by atoms with van der Waals surface area (Å²) in [4.78, 5) is 20.4. The van der Waals surface area contributed by atoms with Gasteiger partial charge in [0, 0.05) is 24.9 Å². The number of amides is 1. The monoisotopic (exact) mass is 349 g/mol. The van der Waals surface area contributed by atoms with Crippen LogP contribution in [-0.4, -0.2) is 25.0 Å². The molecule has 0 bridgehead atoms. The number of carbonyl (C=O) groups excluding carboxylic acids is 1. The van der Waals surface area contributed by atoms with Crippen LogP contribution < -0.4 is 5.32 Å². The minimum atomic E-state index is -0.0635. The lowest BCUT2D eigenvalue weighted by Gasteiger charge is -2.19. The van der Waals surface area contributed by atoms with Crippen LogP contribution in [0.25, 0.3) is 0 Å². The highest BCUT2D eigenvalue weighted by atomic mass is 16.1. The number of hydrogen-bond donors (Lipinski definition) is 1. The Morgan fingerprint density at radius 1 is 1.00 bits per heavy atom. The highest BCUT2D eigenvalue weighted by molar-refractivity contribution is 6.02. The van der Waals surface area contributed by atoms with Crippen LogP contribution in [-0.2, 0) is 12.0 Å². The third kappa shape index (κ3) is 5.38. The Hall–Kier alpha value is -2.75. The van der Waals surface area contributed by atoms with Crippen molar-refractivity contribution in [1.29, 1.82) is 0 Å². The van der Waals surface area contributed by atoms with E-state index in [1.165, 1.54) is 11.9 Å². The van der Waals surface area contributed by atoms with Gasteiger partial charge in [-0.25, -0.2) is 4.99 Å². The highest BCUT2D eigenvalue weighted by Gasteiger charge is 2.14. The molecule has 0 aliphatic carbocycles. The predicted molar refractivity (Wildman–Crippen MR) is 109 cm³/mol. The lowest BCUT2D eigenvalue weighted by Crippen LogP contribution is -2.23. The molecular formula is C22H27N3O. The maximum Gasteiger partial charge on any atom is 0.251 e. The normalized spacial score (nSPS) is 12.4. The Labute approximate surface area is 156 Å². The van der Waals surface area contributed by atoms with Gasteiger partial charge in [0.25, 0.3) is 5.91 Å². The molecule has 0 radical (unpaired) electrons. The molecule has 1 N–H and O–H groups in total. The van der Waals surface area contributed by atoms with Gasteiger partial charge in [-0.1, -0.05) is 57.2 Å². The first-order valence-electron chi connectivity index (χ1n) is 8.74. The summed E-state index contributed by atoms with van der Waals surface area (Å²) in [5.41, 5.74) is 4.97. The lowest BCUT2D eigenvalue weighted by atomic mass is 9.87. The van der Waals surface area contributed by atoms with Crippen molar-refractivity contribution < 1.29 is 4.79 Å². The summed E-state index contributed by atoms with van der Waals surface area (Å²) in [6.45, 7) is 8.92. The fourth-order valence-electron chi connectivity index (χ4n) is 2.49. The first-order chi connectivity index (χ1) is 12.3. The molecular weight excluding hydrogens is 322 g/mol. The Morgan fingerprint density at radius 3 is 2.12 bits per heavy atom. The second-order valence-electron chi connectivity index (χ2n) is 7.30.